The molecule has 7 nitrogen and oxygen atoms in total. The van der Waals surface area contributed by atoms with E-state index in [9.17, 15) is 10.2 Å². The van der Waals surface area contributed by atoms with Gasteiger partial charge in [0, 0.05) is 16.8 Å². The molecule has 8 heteroatoms. The monoisotopic (exact) mass is 333 g/mol. The first-order valence-corrected chi connectivity index (χ1v) is 7.44. The van der Waals surface area contributed by atoms with E-state index >= 15 is 0 Å². The SMILES string of the molecule is Cc1cc(N[C@@H](CO)[C@@H](O)c2ccc(Cl)cc2)n2ncnc2n1. The van der Waals surface area contributed by atoms with Crippen molar-refractivity contribution in [3.63, 3.8) is 0 Å². The van der Waals surface area contributed by atoms with Crippen LogP contribution in [-0.4, -0.2) is 42.4 Å². The third kappa shape index (κ3) is 3.26. The van der Waals surface area contributed by atoms with E-state index in [0.717, 1.165) is 5.69 Å². The highest BCUT2D eigenvalue weighted by molar-refractivity contribution is 6.30. The second-order valence-corrected chi connectivity index (χ2v) is 5.62. The van der Waals surface area contributed by atoms with Gasteiger partial charge in [-0.2, -0.15) is 14.6 Å². The first-order valence-electron chi connectivity index (χ1n) is 7.07. The third-order valence-corrected chi connectivity index (χ3v) is 3.75. The lowest BCUT2D eigenvalue weighted by Crippen LogP contribution is -2.32. The zero-order valence-electron chi connectivity index (χ0n) is 12.4. The normalized spacial score (nSPS) is 13.9. The standard InChI is InChI=1S/C15H16ClN5O2/c1-9-6-13(21-15(19-9)17-8-18-21)20-12(7-22)14(23)10-2-4-11(16)5-3-10/h2-6,8,12,14,20,22-23H,7H2,1H3/t12-,14-/m0/s1. The second kappa shape index (κ2) is 6.49. The fraction of sp³-hybridized carbons (Fsp3) is 0.267. The molecule has 0 radical (unpaired) electrons. The maximum absolute atomic E-state index is 10.5. The van der Waals surface area contributed by atoms with E-state index in [1.807, 2.05) is 6.92 Å². The van der Waals surface area contributed by atoms with Gasteiger partial charge < -0.3 is 15.5 Å². The molecule has 0 amide bonds. The lowest BCUT2D eigenvalue weighted by atomic mass is 10.0. The number of benzene rings is 1. The Kier molecular flexibility index (Phi) is 4.42. The van der Waals surface area contributed by atoms with Gasteiger partial charge in [-0.05, 0) is 24.6 Å². The summed E-state index contributed by atoms with van der Waals surface area (Å²) in [6.45, 7) is 1.57. The first-order chi connectivity index (χ1) is 11.1. The lowest BCUT2D eigenvalue weighted by molar-refractivity contribution is 0.118. The van der Waals surface area contributed by atoms with Crippen LogP contribution in [0.5, 0.6) is 0 Å². The van der Waals surface area contributed by atoms with Crippen LogP contribution in [0.25, 0.3) is 5.78 Å². The molecule has 0 aliphatic carbocycles. The van der Waals surface area contributed by atoms with E-state index in [4.69, 9.17) is 11.6 Å². The minimum absolute atomic E-state index is 0.263. The Morgan fingerprint density at radius 1 is 1.30 bits per heavy atom. The van der Waals surface area contributed by atoms with Crippen molar-refractivity contribution >= 4 is 23.2 Å². The van der Waals surface area contributed by atoms with Crippen LogP contribution >= 0.6 is 11.6 Å². The molecule has 0 aliphatic rings. The molecule has 0 spiro atoms. The molecule has 2 heterocycles. The predicted octanol–water partition coefficient (Wildman–Crippen LogP) is 1.59. The van der Waals surface area contributed by atoms with E-state index in [1.54, 1.807) is 30.3 Å². The van der Waals surface area contributed by atoms with E-state index in [1.165, 1.54) is 10.8 Å². The second-order valence-electron chi connectivity index (χ2n) is 5.18. The van der Waals surface area contributed by atoms with Crippen LogP contribution in [0.15, 0.2) is 36.7 Å². The Bertz CT molecular complexity index is 805. The lowest BCUT2D eigenvalue weighted by Gasteiger charge is -2.24. The number of hydrogen-bond acceptors (Lipinski definition) is 6. The van der Waals surface area contributed by atoms with Gasteiger partial charge >= 0.3 is 0 Å². The van der Waals surface area contributed by atoms with Crippen molar-refractivity contribution in [1.29, 1.82) is 0 Å². The Morgan fingerprint density at radius 3 is 2.74 bits per heavy atom. The van der Waals surface area contributed by atoms with Crippen LogP contribution in [-0.2, 0) is 0 Å². The summed E-state index contributed by atoms with van der Waals surface area (Å²) in [5.41, 5.74) is 1.41. The quantitative estimate of drug-likeness (QED) is 0.656. The number of anilines is 1. The summed E-state index contributed by atoms with van der Waals surface area (Å²) in [6.07, 6.45) is 0.487. The number of nitrogens with one attached hydrogen (secondary N) is 1. The molecule has 3 N–H and O–H groups in total. The number of aryl methyl sites for hydroxylation is 1. The minimum atomic E-state index is -0.913. The van der Waals surface area contributed by atoms with Crippen LogP contribution < -0.4 is 5.32 Å². The number of aliphatic hydroxyl groups is 2. The van der Waals surface area contributed by atoms with Crippen molar-refractivity contribution in [2.45, 2.75) is 19.1 Å². The molecule has 3 aromatic rings. The Hall–Kier alpha value is -2.22. The maximum atomic E-state index is 10.5. The Labute approximate surface area is 137 Å². The van der Waals surface area contributed by atoms with Crippen molar-refractivity contribution in [3.8, 4) is 0 Å². The highest BCUT2D eigenvalue weighted by atomic mass is 35.5. The molecule has 0 unspecified atom stereocenters. The highest BCUT2D eigenvalue weighted by Gasteiger charge is 2.21. The molecule has 0 bridgehead atoms. The molecule has 23 heavy (non-hydrogen) atoms. The van der Waals surface area contributed by atoms with Gasteiger partial charge in [0.2, 0.25) is 0 Å². The van der Waals surface area contributed by atoms with Gasteiger partial charge in [0.05, 0.1) is 12.6 Å². The van der Waals surface area contributed by atoms with Crippen molar-refractivity contribution in [3.05, 3.63) is 52.9 Å². The van der Waals surface area contributed by atoms with E-state index in [0.29, 0.717) is 22.2 Å². The first kappa shape index (κ1) is 15.7. The summed E-state index contributed by atoms with van der Waals surface area (Å²) in [5, 5.41) is 27.9. The number of rotatable bonds is 5. The van der Waals surface area contributed by atoms with Crippen molar-refractivity contribution in [2.24, 2.45) is 0 Å². The number of nitrogens with zero attached hydrogens (tertiary/aromatic N) is 4. The van der Waals surface area contributed by atoms with Crippen LogP contribution in [0.1, 0.15) is 17.4 Å². The molecule has 2 aromatic heterocycles. The third-order valence-electron chi connectivity index (χ3n) is 3.50. The Balaban J connectivity index is 1.88. The van der Waals surface area contributed by atoms with Crippen molar-refractivity contribution < 1.29 is 10.2 Å². The zero-order valence-corrected chi connectivity index (χ0v) is 13.1. The van der Waals surface area contributed by atoms with E-state index in [-0.39, 0.29) is 6.61 Å². The molecular weight excluding hydrogens is 318 g/mol. The summed E-state index contributed by atoms with van der Waals surface area (Å²) in [7, 11) is 0. The van der Waals surface area contributed by atoms with Gasteiger partial charge in [0.1, 0.15) is 18.2 Å². The number of aromatic nitrogens is 4. The molecule has 120 valence electrons. The molecule has 0 saturated carbocycles. The van der Waals surface area contributed by atoms with Gasteiger partial charge in [-0.1, -0.05) is 23.7 Å². The molecule has 1 aromatic carbocycles. The fourth-order valence-corrected chi connectivity index (χ4v) is 2.47. The summed E-state index contributed by atoms with van der Waals surface area (Å²) >= 11 is 5.86. The Morgan fingerprint density at radius 2 is 2.04 bits per heavy atom. The smallest absolute Gasteiger partial charge is 0.254 e. The largest absolute Gasteiger partial charge is 0.394 e. The molecular formula is C15H16ClN5O2. The molecule has 0 aliphatic heterocycles. The van der Waals surface area contributed by atoms with Gasteiger partial charge in [-0.25, -0.2) is 4.98 Å². The van der Waals surface area contributed by atoms with Gasteiger partial charge in [0.25, 0.3) is 5.78 Å². The molecule has 0 saturated heterocycles. The van der Waals surface area contributed by atoms with E-state index < -0.39 is 12.1 Å². The number of halogens is 1. The van der Waals surface area contributed by atoms with Crippen LogP contribution in [0.4, 0.5) is 5.82 Å². The average Bonchev–Trinajstić information content (AvgIpc) is 3.00. The van der Waals surface area contributed by atoms with Crippen molar-refractivity contribution in [2.75, 3.05) is 11.9 Å². The van der Waals surface area contributed by atoms with Crippen LogP contribution in [0.2, 0.25) is 5.02 Å². The van der Waals surface area contributed by atoms with Gasteiger partial charge in [-0.15, -0.1) is 0 Å². The number of aliphatic hydroxyl groups excluding tert-OH is 2. The molecule has 0 fully saturated rings. The average molecular weight is 334 g/mol. The fourth-order valence-electron chi connectivity index (χ4n) is 2.34. The summed E-state index contributed by atoms with van der Waals surface area (Å²) in [6, 6.07) is 7.99. The number of fused-ring (bicyclic) bond motifs is 1. The van der Waals surface area contributed by atoms with Gasteiger partial charge in [-0.3, -0.25) is 0 Å². The summed E-state index contributed by atoms with van der Waals surface area (Å²) in [4.78, 5) is 8.30. The summed E-state index contributed by atoms with van der Waals surface area (Å²) in [5.74, 6) is 1.04. The minimum Gasteiger partial charge on any atom is -0.394 e. The predicted molar refractivity (Wildman–Crippen MR) is 86.4 cm³/mol. The zero-order chi connectivity index (χ0) is 16.4. The topological polar surface area (TPSA) is 95.6 Å². The molecule has 3 rings (SSSR count). The van der Waals surface area contributed by atoms with E-state index in [2.05, 4.69) is 20.4 Å². The van der Waals surface area contributed by atoms with Crippen LogP contribution in [0.3, 0.4) is 0 Å². The molecule has 2 atom stereocenters. The van der Waals surface area contributed by atoms with Crippen molar-refractivity contribution in [1.82, 2.24) is 19.6 Å². The maximum Gasteiger partial charge on any atom is 0.254 e. The summed E-state index contributed by atoms with van der Waals surface area (Å²) < 4.78 is 1.52. The highest BCUT2D eigenvalue weighted by Crippen LogP contribution is 2.22. The van der Waals surface area contributed by atoms with Crippen LogP contribution in [0, 0.1) is 6.92 Å². The number of hydrogen-bond donors (Lipinski definition) is 3. The van der Waals surface area contributed by atoms with Gasteiger partial charge in [0.15, 0.2) is 0 Å².